The number of nitrogens with zero attached hydrogens (tertiary/aromatic N) is 5. The molecule has 2 amide bonds. The summed E-state index contributed by atoms with van der Waals surface area (Å²) in [6, 6.07) is 3.21. The first-order valence-corrected chi connectivity index (χ1v) is 16.7. The number of halogens is 6. The van der Waals surface area contributed by atoms with Gasteiger partial charge in [0.25, 0.3) is 0 Å². The van der Waals surface area contributed by atoms with E-state index >= 15 is 13.2 Å². The van der Waals surface area contributed by atoms with Crippen molar-refractivity contribution < 1.29 is 45.4 Å². The smallest absolute Gasteiger partial charge is 0.417 e. The van der Waals surface area contributed by atoms with Crippen molar-refractivity contribution in [3.05, 3.63) is 47.0 Å². The topological polar surface area (TPSA) is 121 Å². The third kappa shape index (κ3) is 6.80. The Morgan fingerprint density at radius 1 is 0.980 bits per heavy atom. The van der Waals surface area contributed by atoms with Crippen molar-refractivity contribution in [3.63, 3.8) is 0 Å². The number of ether oxygens (including phenoxy) is 2. The molecule has 2 saturated heterocycles. The van der Waals surface area contributed by atoms with Gasteiger partial charge in [-0.3, -0.25) is 10.2 Å². The number of rotatable bonds is 3. The van der Waals surface area contributed by atoms with Gasteiger partial charge in [0, 0.05) is 29.4 Å². The number of amides is 2. The monoisotopic (exact) mass is 734 g/mol. The number of hydrogen-bond donors (Lipinski definition) is 1. The average molecular weight is 735 g/mol. The van der Waals surface area contributed by atoms with Gasteiger partial charge in [-0.2, -0.15) is 32.8 Å². The van der Waals surface area contributed by atoms with Crippen LogP contribution in [-0.2, 0) is 15.7 Å². The second kappa shape index (κ2) is 12.4. The zero-order valence-corrected chi connectivity index (χ0v) is 29.1. The van der Waals surface area contributed by atoms with E-state index in [0.29, 0.717) is 30.2 Å². The van der Waals surface area contributed by atoms with E-state index in [0.717, 1.165) is 12.1 Å². The maximum Gasteiger partial charge on any atom is 0.417 e. The Morgan fingerprint density at radius 3 is 2.18 bits per heavy atom. The van der Waals surface area contributed by atoms with Gasteiger partial charge < -0.3 is 14.4 Å². The van der Waals surface area contributed by atoms with Crippen LogP contribution < -0.4 is 10.2 Å². The number of fused-ring (bicyclic) bond motifs is 4. The summed E-state index contributed by atoms with van der Waals surface area (Å²) in [6.07, 6.45) is -7.10. The second-order valence-electron chi connectivity index (χ2n) is 14.3. The van der Waals surface area contributed by atoms with Crippen molar-refractivity contribution in [2.45, 2.75) is 83.8 Å². The summed E-state index contributed by atoms with van der Waals surface area (Å²) in [5.41, 5.74) is -6.09. The van der Waals surface area contributed by atoms with Crippen molar-refractivity contribution in [1.82, 2.24) is 14.9 Å². The standard InChI is InChI=1S/C34H32F6N6O4S/c1-32(2,3)49-30(47)44-28-19(12-41)22-17(9-10-21(35)26(22)51-28)23-20(34(38,39)40)11-18-25(24(23)36)42-29(37)43-27(18)45-13-15-7-8-16(14-45)46(15)31(48)50-33(4,5)6/h9-11,15-16H,7-8,13-14H2,1-6H3,(H,44,47)/t15-,16+. The van der Waals surface area contributed by atoms with Crippen molar-refractivity contribution in [2.75, 3.05) is 23.3 Å². The van der Waals surface area contributed by atoms with Crippen LogP contribution in [0.3, 0.4) is 0 Å². The lowest BCUT2D eigenvalue weighted by molar-refractivity contribution is -0.137. The number of alkyl halides is 3. The minimum atomic E-state index is -5.22. The van der Waals surface area contributed by atoms with Crippen LogP contribution in [0.5, 0.6) is 0 Å². The fraction of sp³-hybridized carbons (Fsp3) is 0.441. The number of nitrogens with one attached hydrogen (secondary N) is 1. The number of carbonyl (C=O) groups excluding carboxylic acids is 2. The van der Waals surface area contributed by atoms with Gasteiger partial charge in [0.1, 0.15) is 39.4 Å². The number of benzene rings is 2. The lowest BCUT2D eigenvalue weighted by atomic mass is 9.92. The van der Waals surface area contributed by atoms with Crippen LogP contribution in [-0.4, -0.2) is 63.4 Å². The Hall–Kier alpha value is -4.85. The zero-order valence-electron chi connectivity index (χ0n) is 28.3. The molecule has 270 valence electrons. The number of thiophene rings is 1. The van der Waals surface area contributed by atoms with Gasteiger partial charge in [-0.15, -0.1) is 11.3 Å². The molecule has 0 unspecified atom stereocenters. The van der Waals surface area contributed by atoms with E-state index in [1.165, 1.54) is 4.90 Å². The maximum absolute atomic E-state index is 16.7. The molecule has 2 aliphatic heterocycles. The molecular weight excluding hydrogens is 702 g/mol. The SMILES string of the molecule is CC(C)(C)OC(=O)Nc1sc2c(F)ccc(-c3c(C(F)(F)F)cc4c(N5C[C@H]6CC[C@@H](C5)N6C(=O)OC(C)(C)C)nc(F)nc4c3F)c2c1C#N. The van der Waals surface area contributed by atoms with Gasteiger partial charge in [0.05, 0.1) is 27.9 Å². The lowest BCUT2D eigenvalue weighted by Gasteiger charge is -2.42. The van der Waals surface area contributed by atoms with E-state index < -0.39 is 97.9 Å². The normalized spacial score (nSPS) is 17.9. The van der Waals surface area contributed by atoms with Gasteiger partial charge in [0.15, 0.2) is 5.82 Å². The first-order valence-electron chi connectivity index (χ1n) is 15.9. The number of nitriles is 1. The van der Waals surface area contributed by atoms with E-state index in [-0.39, 0.29) is 28.6 Å². The minimum absolute atomic E-state index is 0.0540. The second-order valence-corrected chi connectivity index (χ2v) is 15.4. The highest BCUT2D eigenvalue weighted by Gasteiger charge is 2.46. The Balaban J connectivity index is 1.51. The Kier molecular flexibility index (Phi) is 8.76. The number of aromatic nitrogens is 2. The van der Waals surface area contributed by atoms with E-state index in [4.69, 9.17) is 9.47 Å². The Labute approximate surface area is 291 Å². The maximum atomic E-state index is 16.7. The first-order chi connectivity index (χ1) is 23.7. The van der Waals surface area contributed by atoms with Gasteiger partial charge in [-0.05, 0) is 72.1 Å². The van der Waals surface area contributed by atoms with Crippen LogP contribution >= 0.6 is 11.3 Å². The third-order valence-corrected chi connectivity index (χ3v) is 9.48. The quantitative estimate of drug-likeness (QED) is 0.164. The number of anilines is 2. The number of carbonyl (C=O) groups is 2. The molecule has 0 spiro atoms. The van der Waals surface area contributed by atoms with Crippen LogP contribution in [0.1, 0.15) is 65.5 Å². The molecule has 2 aromatic heterocycles. The molecule has 2 aliphatic rings. The van der Waals surface area contributed by atoms with E-state index in [1.54, 1.807) is 52.5 Å². The predicted octanol–water partition coefficient (Wildman–Crippen LogP) is 8.75. The molecule has 2 fully saturated rings. The molecule has 2 bridgehead atoms. The van der Waals surface area contributed by atoms with Crippen LogP contribution in [0.25, 0.3) is 32.1 Å². The van der Waals surface area contributed by atoms with Gasteiger partial charge >= 0.3 is 24.4 Å². The molecule has 6 rings (SSSR count). The summed E-state index contributed by atoms with van der Waals surface area (Å²) in [5, 5.41) is 11.3. The highest BCUT2D eigenvalue weighted by molar-refractivity contribution is 7.23. The van der Waals surface area contributed by atoms with Crippen LogP contribution in [0.15, 0.2) is 18.2 Å². The van der Waals surface area contributed by atoms with Crippen LogP contribution in [0.2, 0.25) is 0 Å². The average Bonchev–Trinajstić information content (AvgIpc) is 3.49. The van der Waals surface area contributed by atoms with Gasteiger partial charge in [0.2, 0.25) is 0 Å². The molecule has 2 aromatic carbocycles. The van der Waals surface area contributed by atoms with Crippen molar-refractivity contribution in [3.8, 4) is 17.2 Å². The summed E-state index contributed by atoms with van der Waals surface area (Å²) in [6.45, 7) is 9.99. The number of piperazine rings is 1. The lowest BCUT2D eigenvalue weighted by Crippen LogP contribution is -2.57. The summed E-state index contributed by atoms with van der Waals surface area (Å²) in [7, 11) is 0. The number of hydrogen-bond acceptors (Lipinski definition) is 9. The highest BCUT2D eigenvalue weighted by Crippen LogP contribution is 2.48. The predicted molar refractivity (Wildman–Crippen MR) is 177 cm³/mol. The molecule has 0 aliphatic carbocycles. The van der Waals surface area contributed by atoms with E-state index in [1.807, 2.05) is 0 Å². The highest BCUT2D eigenvalue weighted by atomic mass is 32.1. The molecule has 2 atom stereocenters. The van der Waals surface area contributed by atoms with Gasteiger partial charge in [-0.25, -0.2) is 18.4 Å². The van der Waals surface area contributed by atoms with Crippen LogP contribution in [0.4, 0.5) is 46.8 Å². The largest absolute Gasteiger partial charge is 0.444 e. The summed E-state index contributed by atoms with van der Waals surface area (Å²) in [4.78, 5) is 35.9. The summed E-state index contributed by atoms with van der Waals surface area (Å²) >= 11 is 0.554. The molecule has 51 heavy (non-hydrogen) atoms. The zero-order chi connectivity index (χ0) is 37.4. The molecule has 0 saturated carbocycles. The van der Waals surface area contributed by atoms with Crippen molar-refractivity contribution in [2.24, 2.45) is 0 Å². The molecule has 1 N–H and O–H groups in total. The molecule has 4 heterocycles. The molecular formula is C34H32F6N6O4S. The molecule has 0 radical (unpaired) electrons. The van der Waals surface area contributed by atoms with Crippen LogP contribution in [0, 0.1) is 29.0 Å². The van der Waals surface area contributed by atoms with Crippen molar-refractivity contribution in [1.29, 1.82) is 5.26 Å². The Morgan fingerprint density at radius 2 is 1.61 bits per heavy atom. The summed E-state index contributed by atoms with van der Waals surface area (Å²) in [5.74, 6) is -2.82. The van der Waals surface area contributed by atoms with Gasteiger partial charge in [-0.1, -0.05) is 6.07 Å². The molecule has 10 nitrogen and oxygen atoms in total. The molecule has 17 heteroatoms. The molecule has 4 aromatic rings. The van der Waals surface area contributed by atoms with Crippen molar-refractivity contribution >= 4 is 55.3 Å². The fourth-order valence-corrected chi connectivity index (χ4v) is 7.64. The first kappa shape index (κ1) is 36.0. The minimum Gasteiger partial charge on any atom is -0.444 e. The fourth-order valence-electron chi connectivity index (χ4n) is 6.57. The Bertz CT molecular complexity index is 2120. The summed E-state index contributed by atoms with van der Waals surface area (Å²) < 4.78 is 102. The van der Waals surface area contributed by atoms with E-state index in [9.17, 15) is 28.0 Å². The third-order valence-electron chi connectivity index (χ3n) is 8.36. The van der Waals surface area contributed by atoms with E-state index in [2.05, 4.69) is 15.3 Å².